The van der Waals surface area contributed by atoms with E-state index >= 15 is 0 Å². The van der Waals surface area contributed by atoms with Crippen LogP contribution in [-0.4, -0.2) is 46.2 Å². The zero-order valence-corrected chi connectivity index (χ0v) is 11.9. The van der Waals surface area contributed by atoms with E-state index in [1.54, 1.807) is 7.11 Å². The summed E-state index contributed by atoms with van der Waals surface area (Å²) in [5.74, 6) is 0.420. The van der Waals surface area contributed by atoms with Crippen LogP contribution in [-0.2, 0) is 14.6 Å². The van der Waals surface area contributed by atoms with Gasteiger partial charge < -0.3 is 10.1 Å². The van der Waals surface area contributed by atoms with E-state index in [1.165, 1.54) is 6.26 Å². The zero-order valence-electron chi connectivity index (χ0n) is 11.1. The van der Waals surface area contributed by atoms with Gasteiger partial charge in [0.25, 0.3) is 0 Å². The fourth-order valence-corrected chi connectivity index (χ4v) is 3.93. The van der Waals surface area contributed by atoms with E-state index < -0.39 is 9.84 Å². The van der Waals surface area contributed by atoms with Crippen LogP contribution in [0.3, 0.4) is 0 Å². The Labute approximate surface area is 105 Å². The molecular weight excluding hydrogens is 238 g/mol. The van der Waals surface area contributed by atoms with E-state index in [9.17, 15) is 8.42 Å². The molecule has 0 aromatic rings. The number of methoxy groups -OCH3 is 1. The van der Waals surface area contributed by atoms with Crippen LogP contribution in [0.1, 0.15) is 32.6 Å². The van der Waals surface area contributed by atoms with E-state index in [4.69, 9.17) is 4.74 Å². The van der Waals surface area contributed by atoms with Gasteiger partial charge in [-0.05, 0) is 31.7 Å². The third-order valence-corrected chi connectivity index (χ3v) is 5.29. The second kappa shape index (κ2) is 6.71. The van der Waals surface area contributed by atoms with Crippen LogP contribution in [0.15, 0.2) is 0 Å². The molecule has 3 unspecified atom stereocenters. The molecule has 102 valence electrons. The minimum Gasteiger partial charge on any atom is -0.383 e. The van der Waals surface area contributed by atoms with Crippen LogP contribution in [0, 0.1) is 5.92 Å². The Balaban J connectivity index is 2.63. The standard InChI is InChI=1S/C12H25NO3S/c1-4-13-12(9-16-2)10-6-5-7-11(8-10)17(3,14)15/h10-13H,4-9H2,1-3H3. The van der Waals surface area contributed by atoms with E-state index in [2.05, 4.69) is 12.2 Å². The van der Waals surface area contributed by atoms with Crippen LogP contribution >= 0.6 is 0 Å². The Hall–Kier alpha value is -0.130. The van der Waals surface area contributed by atoms with Gasteiger partial charge in [0, 0.05) is 19.4 Å². The number of sulfone groups is 1. The van der Waals surface area contributed by atoms with Gasteiger partial charge in [-0.25, -0.2) is 8.42 Å². The molecule has 5 heteroatoms. The Morgan fingerprint density at radius 1 is 1.41 bits per heavy atom. The lowest BCUT2D eigenvalue weighted by Crippen LogP contribution is -2.43. The third kappa shape index (κ3) is 4.56. The smallest absolute Gasteiger partial charge is 0.150 e. The van der Waals surface area contributed by atoms with Gasteiger partial charge in [-0.3, -0.25) is 0 Å². The largest absolute Gasteiger partial charge is 0.383 e. The van der Waals surface area contributed by atoms with Crippen LogP contribution in [0.2, 0.25) is 0 Å². The predicted molar refractivity (Wildman–Crippen MR) is 69.9 cm³/mol. The van der Waals surface area contributed by atoms with Gasteiger partial charge in [0.15, 0.2) is 0 Å². The number of nitrogens with one attached hydrogen (secondary N) is 1. The Bertz CT molecular complexity index is 310. The van der Waals surface area contributed by atoms with E-state index in [0.29, 0.717) is 12.5 Å². The van der Waals surface area contributed by atoms with Gasteiger partial charge in [-0.15, -0.1) is 0 Å². The molecule has 1 rings (SSSR count). The van der Waals surface area contributed by atoms with Crippen LogP contribution in [0.4, 0.5) is 0 Å². The first-order chi connectivity index (χ1) is 7.99. The molecular formula is C12H25NO3S. The summed E-state index contributed by atoms with van der Waals surface area (Å²) in [5, 5.41) is 3.25. The predicted octanol–water partition coefficient (Wildman–Crippen LogP) is 1.21. The van der Waals surface area contributed by atoms with Crippen molar-refractivity contribution >= 4 is 9.84 Å². The first-order valence-electron chi connectivity index (χ1n) is 6.40. The summed E-state index contributed by atoms with van der Waals surface area (Å²) in [4.78, 5) is 0. The van der Waals surface area contributed by atoms with Gasteiger partial charge >= 0.3 is 0 Å². The van der Waals surface area contributed by atoms with Gasteiger partial charge in [-0.2, -0.15) is 0 Å². The number of rotatable bonds is 6. The minimum absolute atomic E-state index is 0.153. The molecule has 4 nitrogen and oxygen atoms in total. The molecule has 0 saturated heterocycles. The highest BCUT2D eigenvalue weighted by Crippen LogP contribution is 2.30. The number of likely N-dealkylation sites (N-methyl/N-ethyl adjacent to an activating group) is 1. The summed E-state index contributed by atoms with van der Waals surface area (Å²) in [6.07, 6.45) is 5.07. The van der Waals surface area contributed by atoms with Crippen molar-refractivity contribution in [3.05, 3.63) is 0 Å². The maximum Gasteiger partial charge on any atom is 0.150 e. The average Bonchev–Trinajstić information content (AvgIpc) is 2.28. The highest BCUT2D eigenvalue weighted by Gasteiger charge is 2.32. The highest BCUT2D eigenvalue weighted by atomic mass is 32.2. The fourth-order valence-electron chi connectivity index (χ4n) is 2.74. The average molecular weight is 263 g/mol. The van der Waals surface area contributed by atoms with Crippen LogP contribution in [0.5, 0.6) is 0 Å². The normalized spacial score (nSPS) is 27.9. The lowest BCUT2D eigenvalue weighted by Gasteiger charge is -2.34. The van der Waals surface area contributed by atoms with Crippen LogP contribution < -0.4 is 5.32 Å². The SMILES string of the molecule is CCNC(COC)C1CCCC(S(C)(=O)=O)C1. The number of hydrogen-bond donors (Lipinski definition) is 1. The van der Waals surface area contributed by atoms with Crippen molar-refractivity contribution in [2.75, 3.05) is 26.5 Å². The first kappa shape index (κ1) is 14.9. The molecule has 0 heterocycles. The molecule has 0 aromatic heterocycles. The molecule has 0 aromatic carbocycles. The van der Waals surface area contributed by atoms with Gasteiger partial charge in [0.05, 0.1) is 11.9 Å². The molecule has 0 aliphatic heterocycles. The molecule has 0 amide bonds. The van der Waals surface area contributed by atoms with Gasteiger partial charge in [0.1, 0.15) is 9.84 Å². The molecule has 0 radical (unpaired) electrons. The molecule has 3 atom stereocenters. The molecule has 1 aliphatic carbocycles. The summed E-state index contributed by atoms with van der Waals surface area (Å²) >= 11 is 0. The summed E-state index contributed by atoms with van der Waals surface area (Å²) in [7, 11) is -1.20. The molecule has 1 saturated carbocycles. The Morgan fingerprint density at radius 3 is 2.65 bits per heavy atom. The van der Waals surface area contributed by atoms with Crippen molar-refractivity contribution in [1.29, 1.82) is 0 Å². The Morgan fingerprint density at radius 2 is 2.12 bits per heavy atom. The van der Waals surface area contributed by atoms with Gasteiger partial charge in [-0.1, -0.05) is 13.3 Å². The van der Waals surface area contributed by atoms with Crippen molar-refractivity contribution in [2.24, 2.45) is 5.92 Å². The Kier molecular flexibility index (Phi) is 5.89. The summed E-state index contributed by atoms with van der Waals surface area (Å²) in [6, 6.07) is 0.287. The highest BCUT2D eigenvalue weighted by molar-refractivity contribution is 7.91. The number of hydrogen-bond acceptors (Lipinski definition) is 4. The minimum atomic E-state index is -2.89. The quantitative estimate of drug-likeness (QED) is 0.783. The molecule has 0 spiro atoms. The van der Waals surface area contributed by atoms with Gasteiger partial charge in [0.2, 0.25) is 0 Å². The van der Waals surface area contributed by atoms with Crippen molar-refractivity contribution < 1.29 is 13.2 Å². The topological polar surface area (TPSA) is 55.4 Å². The number of ether oxygens (including phenoxy) is 1. The summed E-state index contributed by atoms with van der Waals surface area (Å²) in [6.45, 7) is 3.63. The molecule has 0 bridgehead atoms. The van der Waals surface area contributed by atoms with Crippen molar-refractivity contribution in [1.82, 2.24) is 5.32 Å². The second-order valence-corrected chi connectivity index (χ2v) is 7.32. The first-order valence-corrected chi connectivity index (χ1v) is 8.35. The molecule has 1 fully saturated rings. The lowest BCUT2D eigenvalue weighted by molar-refractivity contribution is 0.126. The molecule has 17 heavy (non-hydrogen) atoms. The monoisotopic (exact) mass is 263 g/mol. The van der Waals surface area contributed by atoms with Crippen molar-refractivity contribution in [3.8, 4) is 0 Å². The van der Waals surface area contributed by atoms with Crippen LogP contribution in [0.25, 0.3) is 0 Å². The van der Waals surface area contributed by atoms with Crippen molar-refractivity contribution in [3.63, 3.8) is 0 Å². The maximum absolute atomic E-state index is 11.6. The third-order valence-electron chi connectivity index (χ3n) is 3.65. The summed E-state index contributed by atoms with van der Waals surface area (Å²) < 4.78 is 28.5. The fraction of sp³-hybridized carbons (Fsp3) is 1.00. The maximum atomic E-state index is 11.6. The zero-order chi connectivity index (χ0) is 12.9. The van der Waals surface area contributed by atoms with Crippen molar-refractivity contribution in [2.45, 2.75) is 43.9 Å². The van der Waals surface area contributed by atoms with E-state index in [0.717, 1.165) is 32.2 Å². The van der Waals surface area contributed by atoms with E-state index in [1.807, 2.05) is 0 Å². The van der Waals surface area contributed by atoms with E-state index in [-0.39, 0.29) is 11.3 Å². The lowest BCUT2D eigenvalue weighted by atomic mass is 9.84. The molecule has 1 N–H and O–H groups in total. The summed E-state index contributed by atoms with van der Waals surface area (Å²) in [5.41, 5.74) is 0. The second-order valence-electron chi connectivity index (χ2n) is 5.00. The molecule has 1 aliphatic rings.